The first-order valence-corrected chi connectivity index (χ1v) is 4.11. The Hall–Kier alpha value is -1.06. The number of hydrogen-bond donors (Lipinski definition) is 2. The minimum atomic E-state index is -0.876. The summed E-state index contributed by atoms with van der Waals surface area (Å²) < 4.78 is 0. The van der Waals surface area contributed by atoms with Crippen molar-refractivity contribution in [3.8, 4) is 0 Å². The molecule has 0 heterocycles. The van der Waals surface area contributed by atoms with E-state index in [1.807, 2.05) is 0 Å². The van der Waals surface area contributed by atoms with E-state index >= 15 is 0 Å². The maximum absolute atomic E-state index is 11.1. The van der Waals surface area contributed by atoms with E-state index in [1.165, 1.54) is 0 Å². The molecule has 0 radical (unpaired) electrons. The van der Waals surface area contributed by atoms with Crippen LogP contribution in [0.3, 0.4) is 0 Å². The molecular formula is C8H13NO3. The quantitative estimate of drug-likeness (QED) is 0.642. The number of hydrogen-bond acceptors (Lipinski definition) is 2. The highest BCUT2D eigenvalue weighted by molar-refractivity contribution is 5.81. The fourth-order valence-electron chi connectivity index (χ4n) is 1.02. The van der Waals surface area contributed by atoms with Crippen molar-refractivity contribution in [1.82, 2.24) is 5.32 Å². The minimum absolute atomic E-state index is 0.00153. The molecule has 4 heteroatoms. The van der Waals surface area contributed by atoms with E-state index < -0.39 is 5.97 Å². The molecular weight excluding hydrogens is 158 g/mol. The summed E-state index contributed by atoms with van der Waals surface area (Å²) in [6.07, 6.45) is 1.90. The summed E-state index contributed by atoms with van der Waals surface area (Å²) in [4.78, 5) is 21.3. The molecule has 1 atom stereocenters. The molecule has 0 aromatic heterocycles. The number of amides is 1. The van der Waals surface area contributed by atoms with E-state index in [-0.39, 0.29) is 24.3 Å². The highest BCUT2D eigenvalue weighted by Gasteiger charge is 2.30. The first-order chi connectivity index (χ1) is 5.59. The molecule has 4 nitrogen and oxygen atoms in total. The third-order valence-corrected chi connectivity index (χ3v) is 1.82. The zero-order chi connectivity index (χ0) is 9.14. The lowest BCUT2D eigenvalue weighted by Gasteiger charge is -2.10. The van der Waals surface area contributed by atoms with Crippen LogP contribution in [0.1, 0.15) is 26.2 Å². The Bertz CT molecular complexity index is 198. The van der Waals surface area contributed by atoms with Gasteiger partial charge in [-0.05, 0) is 19.8 Å². The second kappa shape index (κ2) is 3.56. The van der Waals surface area contributed by atoms with Gasteiger partial charge in [0.1, 0.15) is 0 Å². The van der Waals surface area contributed by atoms with Gasteiger partial charge in [-0.15, -0.1) is 0 Å². The third-order valence-electron chi connectivity index (χ3n) is 1.82. The van der Waals surface area contributed by atoms with Crippen molar-refractivity contribution in [2.75, 3.05) is 0 Å². The second-order valence-corrected chi connectivity index (χ2v) is 3.28. The molecule has 0 saturated heterocycles. The number of carboxylic acid groups (broad SMARTS) is 1. The van der Waals surface area contributed by atoms with Gasteiger partial charge in [-0.3, -0.25) is 9.59 Å². The number of aliphatic carboxylic acids is 1. The van der Waals surface area contributed by atoms with Gasteiger partial charge in [0.05, 0.1) is 6.42 Å². The highest BCUT2D eigenvalue weighted by Crippen LogP contribution is 2.28. The predicted octanol–water partition coefficient (Wildman–Crippen LogP) is 0.376. The van der Waals surface area contributed by atoms with Crippen LogP contribution in [-0.4, -0.2) is 23.0 Å². The zero-order valence-corrected chi connectivity index (χ0v) is 7.04. The summed E-state index contributed by atoms with van der Waals surface area (Å²) in [5.74, 6) is -0.719. The fraction of sp³-hybridized carbons (Fsp3) is 0.750. The van der Waals surface area contributed by atoms with Crippen LogP contribution in [0.25, 0.3) is 0 Å². The fourth-order valence-corrected chi connectivity index (χ4v) is 1.02. The van der Waals surface area contributed by atoms with Crippen LogP contribution >= 0.6 is 0 Å². The van der Waals surface area contributed by atoms with Gasteiger partial charge in [-0.25, -0.2) is 0 Å². The molecule has 1 rings (SSSR count). The summed E-state index contributed by atoms with van der Waals surface area (Å²) in [7, 11) is 0. The first kappa shape index (κ1) is 9.03. The number of carbonyl (C=O) groups is 2. The van der Waals surface area contributed by atoms with Crippen LogP contribution in [0.15, 0.2) is 0 Å². The average molecular weight is 171 g/mol. The monoisotopic (exact) mass is 171 g/mol. The third kappa shape index (κ3) is 2.90. The molecule has 1 unspecified atom stereocenters. The summed E-state index contributed by atoms with van der Waals surface area (Å²) in [5, 5.41) is 11.1. The summed E-state index contributed by atoms with van der Waals surface area (Å²) in [6.45, 7) is 1.70. The van der Waals surface area contributed by atoms with E-state index in [0.29, 0.717) is 0 Å². The molecule has 0 bridgehead atoms. The van der Waals surface area contributed by atoms with Crippen molar-refractivity contribution in [3.63, 3.8) is 0 Å². The van der Waals surface area contributed by atoms with Gasteiger partial charge in [0, 0.05) is 12.0 Å². The van der Waals surface area contributed by atoms with Crippen LogP contribution in [0.4, 0.5) is 0 Å². The van der Waals surface area contributed by atoms with Gasteiger partial charge in [-0.2, -0.15) is 0 Å². The normalized spacial score (nSPS) is 18.4. The lowest BCUT2D eigenvalue weighted by atomic mass is 10.2. The number of carbonyl (C=O) groups excluding carboxylic acids is 1. The molecule has 1 fully saturated rings. The zero-order valence-electron chi connectivity index (χ0n) is 7.04. The van der Waals surface area contributed by atoms with Crippen LogP contribution < -0.4 is 5.32 Å². The van der Waals surface area contributed by atoms with Crippen molar-refractivity contribution < 1.29 is 14.7 Å². The Morgan fingerprint density at radius 1 is 1.58 bits per heavy atom. The highest BCUT2D eigenvalue weighted by atomic mass is 16.4. The summed E-state index contributed by atoms with van der Waals surface area (Å²) in [6, 6.07) is -0.254. The molecule has 1 saturated carbocycles. The van der Waals surface area contributed by atoms with E-state index in [2.05, 4.69) is 5.32 Å². The van der Waals surface area contributed by atoms with E-state index in [9.17, 15) is 9.59 Å². The number of carboxylic acids is 1. The standard InChI is InChI=1S/C8H13NO3/c1-5(4-7(10)11)9-8(12)6-2-3-6/h5-6H,2-4H2,1H3,(H,9,12)(H,10,11). The number of nitrogens with one attached hydrogen (secondary N) is 1. The summed E-state index contributed by atoms with van der Waals surface area (Å²) >= 11 is 0. The van der Waals surface area contributed by atoms with E-state index in [4.69, 9.17) is 5.11 Å². The van der Waals surface area contributed by atoms with Crippen LogP contribution in [0, 0.1) is 5.92 Å². The molecule has 0 aliphatic heterocycles. The average Bonchev–Trinajstić information content (AvgIpc) is 2.63. The van der Waals surface area contributed by atoms with E-state index in [0.717, 1.165) is 12.8 Å². The smallest absolute Gasteiger partial charge is 0.305 e. The van der Waals surface area contributed by atoms with Crippen LogP contribution in [0.2, 0.25) is 0 Å². The lowest BCUT2D eigenvalue weighted by Crippen LogP contribution is -2.35. The molecule has 1 aliphatic rings. The first-order valence-electron chi connectivity index (χ1n) is 4.11. The largest absolute Gasteiger partial charge is 0.481 e. The molecule has 12 heavy (non-hydrogen) atoms. The Morgan fingerprint density at radius 3 is 2.58 bits per heavy atom. The predicted molar refractivity (Wildman–Crippen MR) is 42.6 cm³/mol. The van der Waals surface area contributed by atoms with Gasteiger partial charge >= 0.3 is 5.97 Å². The molecule has 1 aliphatic carbocycles. The second-order valence-electron chi connectivity index (χ2n) is 3.28. The topological polar surface area (TPSA) is 66.4 Å². The Balaban J connectivity index is 2.20. The summed E-state index contributed by atoms with van der Waals surface area (Å²) in [5.41, 5.74) is 0. The number of rotatable bonds is 4. The molecule has 2 N–H and O–H groups in total. The van der Waals surface area contributed by atoms with Crippen molar-refractivity contribution in [3.05, 3.63) is 0 Å². The van der Waals surface area contributed by atoms with Crippen LogP contribution in [0.5, 0.6) is 0 Å². The van der Waals surface area contributed by atoms with Crippen molar-refractivity contribution in [2.24, 2.45) is 5.92 Å². The molecule has 68 valence electrons. The van der Waals surface area contributed by atoms with Gasteiger partial charge in [-0.1, -0.05) is 0 Å². The Labute approximate surface area is 71.0 Å². The van der Waals surface area contributed by atoms with Crippen molar-refractivity contribution in [1.29, 1.82) is 0 Å². The van der Waals surface area contributed by atoms with Crippen molar-refractivity contribution in [2.45, 2.75) is 32.2 Å². The lowest BCUT2D eigenvalue weighted by molar-refractivity contribution is -0.137. The maximum Gasteiger partial charge on any atom is 0.305 e. The van der Waals surface area contributed by atoms with Gasteiger partial charge in [0.2, 0.25) is 5.91 Å². The Morgan fingerprint density at radius 2 is 2.17 bits per heavy atom. The molecule has 1 amide bonds. The molecule has 0 aromatic rings. The van der Waals surface area contributed by atoms with Gasteiger partial charge in [0.25, 0.3) is 0 Å². The molecule has 0 spiro atoms. The SMILES string of the molecule is CC(CC(=O)O)NC(=O)C1CC1. The molecule has 0 aromatic carbocycles. The maximum atomic E-state index is 11.1. The van der Waals surface area contributed by atoms with Crippen LogP contribution in [-0.2, 0) is 9.59 Å². The van der Waals surface area contributed by atoms with Gasteiger partial charge in [0.15, 0.2) is 0 Å². The Kier molecular flexibility index (Phi) is 2.68. The minimum Gasteiger partial charge on any atom is -0.481 e. The van der Waals surface area contributed by atoms with Crippen molar-refractivity contribution >= 4 is 11.9 Å². The van der Waals surface area contributed by atoms with Gasteiger partial charge < -0.3 is 10.4 Å². The van der Waals surface area contributed by atoms with E-state index in [1.54, 1.807) is 6.92 Å².